The van der Waals surface area contributed by atoms with Crippen LogP contribution in [0.4, 0.5) is 4.39 Å². The van der Waals surface area contributed by atoms with E-state index in [1.807, 2.05) is 26.0 Å². The molecule has 0 fully saturated rings. The summed E-state index contributed by atoms with van der Waals surface area (Å²) in [5, 5.41) is 0.908. The lowest BCUT2D eigenvalue weighted by molar-refractivity contribution is -0.121. The van der Waals surface area contributed by atoms with Gasteiger partial charge in [-0.3, -0.25) is 20.4 Å². The minimum absolute atomic E-state index is 0.0700. The molecule has 6 heteroatoms. The number of carbonyl (C=O) groups is 2. The summed E-state index contributed by atoms with van der Waals surface area (Å²) in [6, 6.07) is 8.98. The smallest absolute Gasteiger partial charge is 0.269 e. The number of hydrogen-bond acceptors (Lipinski definition) is 3. The molecule has 3 rings (SSSR count). The molecule has 5 nitrogen and oxygen atoms in total. The second-order valence-corrected chi connectivity index (χ2v) is 5.90. The molecule has 0 saturated carbocycles. The molecule has 0 radical (unpaired) electrons. The molecule has 1 heterocycles. The Morgan fingerprint density at radius 2 is 1.80 bits per heavy atom. The monoisotopic (exact) mass is 340 g/mol. The summed E-state index contributed by atoms with van der Waals surface area (Å²) in [5.41, 5.74) is 8.52. The average Bonchev–Trinajstić information content (AvgIpc) is 2.96. The molecule has 0 unspecified atom stereocenters. The Balaban J connectivity index is 1.65. The molecule has 0 aliphatic heterocycles. The number of benzene rings is 2. The first-order valence-corrected chi connectivity index (χ1v) is 7.76. The van der Waals surface area contributed by atoms with Crippen LogP contribution in [0.15, 0.2) is 47.1 Å². The lowest BCUT2D eigenvalue weighted by Crippen LogP contribution is -2.42. The number of carbonyl (C=O) groups excluding carboxylic acids is 2. The predicted octanol–water partition coefficient (Wildman–Crippen LogP) is 3.19. The van der Waals surface area contributed by atoms with Gasteiger partial charge >= 0.3 is 0 Å². The molecule has 25 heavy (non-hydrogen) atoms. The van der Waals surface area contributed by atoms with Crippen molar-refractivity contribution < 1.29 is 18.4 Å². The van der Waals surface area contributed by atoms with Crippen LogP contribution in [-0.4, -0.2) is 11.8 Å². The van der Waals surface area contributed by atoms with Gasteiger partial charge in [-0.1, -0.05) is 6.07 Å². The summed E-state index contributed by atoms with van der Waals surface area (Å²) >= 11 is 0. The quantitative estimate of drug-likeness (QED) is 0.719. The van der Waals surface area contributed by atoms with E-state index >= 15 is 0 Å². The molecule has 2 amide bonds. The Bertz CT molecular complexity index is 945. The van der Waals surface area contributed by atoms with Crippen LogP contribution in [0, 0.1) is 19.7 Å². The Morgan fingerprint density at radius 3 is 2.52 bits per heavy atom. The maximum absolute atomic E-state index is 12.9. The van der Waals surface area contributed by atoms with Crippen LogP contribution < -0.4 is 10.9 Å². The molecular formula is C19H17FN2O3. The van der Waals surface area contributed by atoms with Gasteiger partial charge in [0, 0.05) is 16.5 Å². The largest absolute Gasteiger partial charge is 0.464 e. The number of fused-ring (bicyclic) bond motifs is 1. The molecule has 3 aromatic rings. The Morgan fingerprint density at radius 1 is 1.08 bits per heavy atom. The fraction of sp³-hybridized carbons (Fsp3) is 0.158. The van der Waals surface area contributed by atoms with E-state index in [0.29, 0.717) is 0 Å². The van der Waals surface area contributed by atoms with E-state index in [4.69, 9.17) is 4.42 Å². The van der Waals surface area contributed by atoms with Crippen molar-refractivity contribution in [3.05, 3.63) is 70.7 Å². The summed E-state index contributed by atoms with van der Waals surface area (Å²) in [6.07, 6.45) is 1.62. The highest BCUT2D eigenvalue weighted by atomic mass is 19.1. The first-order chi connectivity index (χ1) is 11.9. The van der Waals surface area contributed by atoms with Crippen molar-refractivity contribution in [3.8, 4) is 0 Å². The van der Waals surface area contributed by atoms with E-state index in [2.05, 4.69) is 10.9 Å². The van der Waals surface area contributed by atoms with Crippen molar-refractivity contribution in [2.24, 2.45) is 0 Å². The lowest BCUT2D eigenvalue weighted by atomic mass is 10.0. The van der Waals surface area contributed by atoms with Gasteiger partial charge in [0.25, 0.3) is 5.91 Å². The van der Waals surface area contributed by atoms with E-state index in [1.54, 1.807) is 6.26 Å². The predicted molar refractivity (Wildman–Crippen MR) is 91.4 cm³/mol. The molecule has 1 aromatic heterocycles. The van der Waals surface area contributed by atoms with Gasteiger partial charge in [-0.15, -0.1) is 0 Å². The zero-order valence-corrected chi connectivity index (χ0v) is 13.9. The van der Waals surface area contributed by atoms with Crippen LogP contribution in [0.5, 0.6) is 0 Å². The van der Waals surface area contributed by atoms with Gasteiger partial charge in [0.05, 0.1) is 12.7 Å². The highest BCUT2D eigenvalue weighted by Crippen LogP contribution is 2.26. The molecular weight excluding hydrogens is 323 g/mol. The highest BCUT2D eigenvalue weighted by molar-refractivity contribution is 5.96. The summed E-state index contributed by atoms with van der Waals surface area (Å²) < 4.78 is 18.4. The standard InChI is InChI=1S/C19H17FN2O3/c1-11-7-12(2)18-14(10-25-16(18)8-11)9-17(23)21-22-19(24)13-3-5-15(20)6-4-13/h3-8,10H,9H2,1-2H3,(H,21,23)(H,22,24). The molecule has 0 bridgehead atoms. The summed E-state index contributed by atoms with van der Waals surface area (Å²) in [5.74, 6) is -1.33. The van der Waals surface area contributed by atoms with Crippen LogP contribution in [0.1, 0.15) is 27.0 Å². The maximum atomic E-state index is 12.9. The number of nitrogens with one attached hydrogen (secondary N) is 2. The van der Waals surface area contributed by atoms with Gasteiger partial charge in [0.15, 0.2) is 0 Å². The van der Waals surface area contributed by atoms with Crippen molar-refractivity contribution in [3.63, 3.8) is 0 Å². The van der Waals surface area contributed by atoms with E-state index in [0.717, 1.165) is 27.7 Å². The van der Waals surface area contributed by atoms with Gasteiger partial charge in [-0.2, -0.15) is 0 Å². The van der Waals surface area contributed by atoms with Crippen LogP contribution in [-0.2, 0) is 11.2 Å². The topological polar surface area (TPSA) is 71.3 Å². The minimum Gasteiger partial charge on any atom is -0.464 e. The number of halogens is 1. The molecule has 0 aliphatic carbocycles. The van der Waals surface area contributed by atoms with Crippen molar-refractivity contribution >= 4 is 22.8 Å². The first kappa shape index (κ1) is 16.7. The average molecular weight is 340 g/mol. The van der Waals surface area contributed by atoms with E-state index in [9.17, 15) is 14.0 Å². The van der Waals surface area contributed by atoms with Gasteiger partial charge in [0.2, 0.25) is 5.91 Å². The molecule has 128 valence electrons. The third-order valence-electron chi connectivity index (χ3n) is 3.87. The van der Waals surface area contributed by atoms with Gasteiger partial charge in [-0.25, -0.2) is 4.39 Å². The minimum atomic E-state index is -0.516. The number of amides is 2. The highest BCUT2D eigenvalue weighted by Gasteiger charge is 2.14. The Kier molecular flexibility index (Phi) is 4.52. The molecule has 2 N–H and O–H groups in total. The second-order valence-electron chi connectivity index (χ2n) is 5.90. The van der Waals surface area contributed by atoms with E-state index in [1.165, 1.54) is 24.3 Å². The van der Waals surface area contributed by atoms with Gasteiger partial charge in [-0.05, 0) is 55.3 Å². The second kappa shape index (κ2) is 6.76. The molecule has 2 aromatic carbocycles. The van der Waals surface area contributed by atoms with Gasteiger partial charge < -0.3 is 4.42 Å². The SMILES string of the molecule is Cc1cc(C)c2c(CC(=O)NNC(=O)c3ccc(F)cc3)coc2c1. The first-order valence-electron chi connectivity index (χ1n) is 7.76. The number of hydrazine groups is 1. The number of furan rings is 1. The third kappa shape index (κ3) is 3.68. The number of aryl methyl sites for hydroxylation is 2. The Hall–Kier alpha value is -3.15. The number of rotatable bonds is 3. The molecule has 0 aliphatic rings. The van der Waals surface area contributed by atoms with Crippen molar-refractivity contribution in [1.82, 2.24) is 10.9 Å². The summed E-state index contributed by atoms with van der Waals surface area (Å²) in [6.45, 7) is 3.94. The number of hydrogen-bond donors (Lipinski definition) is 2. The van der Waals surface area contributed by atoms with Crippen molar-refractivity contribution in [2.75, 3.05) is 0 Å². The zero-order valence-electron chi connectivity index (χ0n) is 13.9. The van der Waals surface area contributed by atoms with Crippen LogP contribution in [0.2, 0.25) is 0 Å². The fourth-order valence-electron chi connectivity index (χ4n) is 2.77. The van der Waals surface area contributed by atoms with Crippen LogP contribution >= 0.6 is 0 Å². The van der Waals surface area contributed by atoms with Gasteiger partial charge in [0.1, 0.15) is 11.4 Å². The lowest BCUT2D eigenvalue weighted by Gasteiger charge is -2.07. The van der Waals surface area contributed by atoms with Crippen LogP contribution in [0.25, 0.3) is 11.0 Å². The van der Waals surface area contributed by atoms with E-state index in [-0.39, 0.29) is 17.9 Å². The molecule has 0 atom stereocenters. The van der Waals surface area contributed by atoms with Crippen molar-refractivity contribution in [1.29, 1.82) is 0 Å². The third-order valence-corrected chi connectivity index (χ3v) is 3.87. The molecule has 0 saturated heterocycles. The normalized spacial score (nSPS) is 10.7. The van der Waals surface area contributed by atoms with Crippen LogP contribution in [0.3, 0.4) is 0 Å². The van der Waals surface area contributed by atoms with E-state index < -0.39 is 11.7 Å². The summed E-state index contributed by atoms with van der Waals surface area (Å²) in [4.78, 5) is 24.0. The Labute approximate surface area is 143 Å². The summed E-state index contributed by atoms with van der Waals surface area (Å²) in [7, 11) is 0. The molecule has 0 spiro atoms. The zero-order chi connectivity index (χ0) is 18.0. The van der Waals surface area contributed by atoms with Crippen molar-refractivity contribution in [2.45, 2.75) is 20.3 Å². The fourth-order valence-corrected chi connectivity index (χ4v) is 2.77. The maximum Gasteiger partial charge on any atom is 0.269 e.